The van der Waals surface area contributed by atoms with Gasteiger partial charge >= 0.3 is 5.97 Å². The lowest BCUT2D eigenvalue weighted by molar-refractivity contribution is 0.0598. The van der Waals surface area contributed by atoms with Crippen molar-refractivity contribution >= 4 is 16.7 Å². The quantitative estimate of drug-likeness (QED) is 0.812. The fourth-order valence-corrected chi connectivity index (χ4v) is 1.91. The number of ether oxygens (including phenoxy) is 1. The van der Waals surface area contributed by atoms with E-state index in [4.69, 9.17) is 5.26 Å². The van der Waals surface area contributed by atoms with Crippen molar-refractivity contribution in [2.75, 3.05) is 7.11 Å². The lowest BCUT2D eigenvalue weighted by atomic mass is 10.1. The summed E-state index contributed by atoms with van der Waals surface area (Å²) in [6, 6.07) is 8.11. The normalized spacial score (nSPS) is 10.1. The van der Waals surface area contributed by atoms with E-state index in [2.05, 4.69) is 4.74 Å². The molecule has 96 valence electrons. The first kappa shape index (κ1) is 12.6. The van der Waals surface area contributed by atoms with Crippen molar-refractivity contribution in [2.45, 2.75) is 6.54 Å². The van der Waals surface area contributed by atoms with E-state index in [0.29, 0.717) is 5.39 Å². The number of nitriles is 1. The third kappa shape index (κ3) is 1.91. The van der Waals surface area contributed by atoms with Crippen LogP contribution in [0.4, 0.5) is 0 Å². The van der Waals surface area contributed by atoms with Gasteiger partial charge in [-0.2, -0.15) is 5.26 Å². The number of benzene rings is 1. The van der Waals surface area contributed by atoms with Crippen molar-refractivity contribution in [3.63, 3.8) is 0 Å². The van der Waals surface area contributed by atoms with Crippen LogP contribution in [0.25, 0.3) is 10.8 Å². The molecule has 0 fully saturated rings. The number of hydrogen-bond acceptors (Lipinski definition) is 5. The Bertz CT molecular complexity index is 756. The lowest BCUT2D eigenvalue weighted by Gasteiger charge is -2.11. The highest BCUT2D eigenvalue weighted by Crippen LogP contribution is 2.25. The zero-order chi connectivity index (χ0) is 14.0. The molecule has 6 nitrogen and oxygen atoms in total. The Morgan fingerprint density at radius 3 is 2.63 bits per heavy atom. The molecule has 0 aliphatic heterocycles. The van der Waals surface area contributed by atoms with Gasteiger partial charge in [-0.1, -0.05) is 18.2 Å². The topological polar surface area (TPSA) is 92.3 Å². The Morgan fingerprint density at radius 1 is 1.42 bits per heavy atom. The molecular weight excluding hydrogens is 248 g/mol. The third-order valence-electron chi connectivity index (χ3n) is 2.77. The minimum atomic E-state index is -0.764. The van der Waals surface area contributed by atoms with Crippen molar-refractivity contribution in [3.05, 3.63) is 40.2 Å². The monoisotopic (exact) mass is 258 g/mol. The van der Waals surface area contributed by atoms with Gasteiger partial charge < -0.3 is 9.84 Å². The number of fused-ring (bicyclic) bond motifs is 1. The number of carbonyl (C=O) groups is 1. The molecule has 19 heavy (non-hydrogen) atoms. The minimum Gasteiger partial charge on any atom is -0.494 e. The second kappa shape index (κ2) is 4.82. The minimum absolute atomic E-state index is 0.118. The Kier molecular flexibility index (Phi) is 3.21. The molecule has 0 saturated carbocycles. The first-order valence-corrected chi connectivity index (χ1v) is 5.41. The number of nitrogens with zero attached hydrogens (tertiary/aromatic N) is 2. The molecule has 6 heteroatoms. The van der Waals surface area contributed by atoms with Crippen LogP contribution in [0.2, 0.25) is 0 Å². The van der Waals surface area contributed by atoms with Crippen molar-refractivity contribution in [3.8, 4) is 11.9 Å². The molecule has 0 radical (unpaired) electrons. The summed E-state index contributed by atoms with van der Waals surface area (Å²) in [5.41, 5.74) is -0.643. The van der Waals surface area contributed by atoms with Gasteiger partial charge in [0.15, 0.2) is 0 Å². The molecule has 0 aliphatic carbocycles. The zero-order valence-corrected chi connectivity index (χ0v) is 10.1. The Labute approximate surface area is 108 Å². The largest absolute Gasteiger partial charge is 0.494 e. The van der Waals surface area contributed by atoms with Gasteiger partial charge in [0.05, 0.1) is 13.2 Å². The van der Waals surface area contributed by atoms with E-state index in [1.54, 1.807) is 24.3 Å². The van der Waals surface area contributed by atoms with Crippen LogP contribution in [-0.4, -0.2) is 22.8 Å². The molecule has 0 saturated heterocycles. The second-order valence-corrected chi connectivity index (χ2v) is 3.79. The predicted octanol–water partition coefficient (Wildman–Crippen LogP) is 1.02. The van der Waals surface area contributed by atoms with E-state index in [9.17, 15) is 14.7 Å². The fourth-order valence-electron chi connectivity index (χ4n) is 1.91. The molecule has 0 aliphatic rings. The summed E-state index contributed by atoms with van der Waals surface area (Å²) in [6.07, 6.45) is 0. The highest BCUT2D eigenvalue weighted by atomic mass is 16.5. The Hall–Kier alpha value is -2.81. The first-order valence-electron chi connectivity index (χ1n) is 5.41. The summed E-state index contributed by atoms with van der Waals surface area (Å²) in [5.74, 6) is -1.32. The van der Waals surface area contributed by atoms with E-state index >= 15 is 0 Å². The van der Waals surface area contributed by atoms with Crippen LogP contribution in [0.1, 0.15) is 10.4 Å². The van der Waals surface area contributed by atoms with E-state index in [0.717, 1.165) is 4.57 Å². The highest BCUT2D eigenvalue weighted by molar-refractivity contribution is 6.06. The predicted molar refractivity (Wildman–Crippen MR) is 66.8 cm³/mol. The number of hydrogen-bond donors (Lipinski definition) is 1. The van der Waals surface area contributed by atoms with Crippen LogP contribution in [0, 0.1) is 11.3 Å². The zero-order valence-electron chi connectivity index (χ0n) is 10.1. The maximum atomic E-state index is 12.1. The number of pyridine rings is 1. The van der Waals surface area contributed by atoms with E-state index in [1.165, 1.54) is 13.2 Å². The summed E-state index contributed by atoms with van der Waals surface area (Å²) in [7, 11) is 1.18. The Balaban J connectivity index is 2.97. The lowest BCUT2D eigenvalue weighted by Crippen LogP contribution is -2.22. The number of rotatable bonds is 2. The van der Waals surface area contributed by atoms with E-state index in [1.807, 2.05) is 0 Å². The van der Waals surface area contributed by atoms with Crippen LogP contribution in [0.5, 0.6) is 5.88 Å². The van der Waals surface area contributed by atoms with Gasteiger partial charge in [-0.15, -0.1) is 0 Å². The Morgan fingerprint density at radius 2 is 2.05 bits per heavy atom. The number of aromatic nitrogens is 1. The van der Waals surface area contributed by atoms with Crippen LogP contribution in [-0.2, 0) is 11.3 Å². The molecule has 0 amide bonds. The van der Waals surface area contributed by atoms with Crippen molar-refractivity contribution in [2.24, 2.45) is 0 Å². The highest BCUT2D eigenvalue weighted by Gasteiger charge is 2.21. The molecule has 2 aromatic rings. The van der Waals surface area contributed by atoms with Crippen LogP contribution >= 0.6 is 0 Å². The number of carbonyl (C=O) groups excluding carboxylic acids is 1. The van der Waals surface area contributed by atoms with Crippen molar-refractivity contribution in [1.29, 1.82) is 5.26 Å². The molecule has 1 N–H and O–H groups in total. The van der Waals surface area contributed by atoms with E-state index < -0.39 is 17.4 Å². The van der Waals surface area contributed by atoms with Gasteiger partial charge in [0.1, 0.15) is 12.1 Å². The standard InChI is InChI=1S/C13H10N2O4/c1-19-13(18)10-8-4-2-3-5-9(8)11(16)15(7-6-14)12(10)17/h2-5,17H,7H2,1H3. The number of esters is 1. The molecule has 0 unspecified atom stereocenters. The first-order chi connectivity index (χ1) is 9.11. The molecule has 2 rings (SSSR count). The van der Waals surface area contributed by atoms with Gasteiger partial charge in [-0.05, 0) is 6.07 Å². The molecule has 1 aromatic heterocycles. The smallest absolute Gasteiger partial charge is 0.343 e. The summed E-state index contributed by atoms with van der Waals surface area (Å²) >= 11 is 0. The third-order valence-corrected chi connectivity index (χ3v) is 2.77. The van der Waals surface area contributed by atoms with Gasteiger partial charge in [0, 0.05) is 10.8 Å². The fraction of sp³-hybridized carbons (Fsp3) is 0.154. The number of aromatic hydroxyl groups is 1. The average molecular weight is 258 g/mol. The van der Waals surface area contributed by atoms with Gasteiger partial charge in [0.2, 0.25) is 5.88 Å². The second-order valence-electron chi connectivity index (χ2n) is 3.79. The van der Waals surface area contributed by atoms with Crippen molar-refractivity contribution in [1.82, 2.24) is 4.57 Å². The van der Waals surface area contributed by atoms with Gasteiger partial charge in [0.25, 0.3) is 5.56 Å². The molecule has 0 atom stereocenters. The van der Waals surface area contributed by atoms with Crippen LogP contribution in [0.3, 0.4) is 0 Å². The maximum Gasteiger partial charge on any atom is 0.343 e. The molecule has 0 bridgehead atoms. The van der Waals surface area contributed by atoms with Gasteiger partial charge in [-0.25, -0.2) is 4.79 Å². The summed E-state index contributed by atoms with van der Waals surface area (Å²) < 4.78 is 5.44. The maximum absolute atomic E-state index is 12.1. The molecule has 1 heterocycles. The molecule has 1 aromatic carbocycles. The summed E-state index contributed by atoms with van der Waals surface area (Å²) in [6.45, 7) is -0.348. The van der Waals surface area contributed by atoms with Crippen molar-refractivity contribution < 1.29 is 14.6 Å². The SMILES string of the molecule is COC(=O)c1c(O)n(CC#N)c(=O)c2ccccc12. The number of methoxy groups -OCH3 is 1. The summed E-state index contributed by atoms with van der Waals surface area (Å²) in [4.78, 5) is 23.8. The van der Waals surface area contributed by atoms with Crippen LogP contribution < -0.4 is 5.56 Å². The van der Waals surface area contributed by atoms with Crippen LogP contribution in [0.15, 0.2) is 29.1 Å². The molecular formula is C13H10N2O4. The summed E-state index contributed by atoms with van der Waals surface area (Å²) in [5, 5.41) is 19.2. The average Bonchev–Trinajstić information content (AvgIpc) is 2.43. The van der Waals surface area contributed by atoms with Gasteiger partial charge in [-0.3, -0.25) is 9.36 Å². The van der Waals surface area contributed by atoms with E-state index in [-0.39, 0.29) is 17.5 Å². The molecule has 0 spiro atoms.